The van der Waals surface area contributed by atoms with Gasteiger partial charge in [-0.05, 0) is 25.2 Å². The highest BCUT2D eigenvalue weighted by Crippen LogP contribution is 2.23. The predicted molar refractivity (Wildman–Crippen MR) is 86.8 cm³/mol. The molecule has 0 aliphatic rings. The van der Waals surface area contributed by atoms with Crippen LogP contribution in [0.3, 0.4) is 0 Å². The summed E-state index contributed by atoms with van der Waals surface area (Å²) >= 11 is 12.3. The van der Waals surface area contributed by atoms with Gasteiger partial charge in [0.2, 0.25) is 0 Å². The number of thiophene rings is 1. The average Bonchev–Trinajstić information content (AvgIpc) is 2.77. The molecule has 0 aliphatic heterocycles. The molecule has 2 N–H and O–H groups in total. The topological polar surface area (TPSA) is 29.3 Å². The standard InChI is InChI=1S/C14H14ClFN2S2/c1-18(8-10-5-6-12(15)20-10)7-9-3-2-4-11(13(9)16)14(17)19/h2-6H,7-8H2,1H3,(H2,17,19). The minimum atomic E-state index is -0.337. The minimum Gasteiger partial charge on any atom is -0.389 e. The number of hydrogen-bond acceptors (Lipinski definition) is 3. The first-order valence-electron chi connectivity index (χ1n) is 5.97. The van der Waals surface area contributed by atoms with Crippen LogP contribution in [0.25, 0.3) is 0 Å². The second kappa shape index (κ2) is 6.63. The van der Waals surface area contributed by atoms with Gasteiger partial charge in [-0.1, -0.05) is 36.0 Å². The van der Waals surface area contributed by atoms with Gasteiger partial charge in [-0.2, -0.15) is 0 Å². The van der Waals surface area contributed by atoms with Gasteiger partial charge in [-0.25, -0.2) is 4.39 Å². The van der Waals surface area contributed by atoms with E-state index in [1.54, 1.807) is 18.2 Å². The second-order valence-corrected chi connectivity index (χ2v) is 6.76. The maximum Gasteiger partial charge on any atom is 0.137 e. The molecule has 1 aromatic heterocycles. The molecule has 0 radical (unpaired) electrons. The Hall–Kier alpha value is -1.01. The predicted octanol–water partition coefficient (Wildman–Crippen LogP) is 3.81. The first-order valence-corrected chi connectivity index (χ1v) is 7.57. The molecule has 0 spiro atoms. The molecule has 2 aromatic rings. The molecule has 0 aliphatic carbocycles. The number of benzene rings is 1. The van der Waals surface area contributed by atoms with Gasteiger partial charge in [0.1, 0.15) is 10.8 Å². The van der Waals surface area contributed by atoms with Crippen LogP contribution in [0, 0.1) is 5.82 Å². The summed E-state index contributed by atoms with van der Waals surface area (Å²) in [5, 5.41) is 0. The summed E-state index contributed by atoms with van der Waals surface area (Å²) in [5.41, 5.74) is 6.39. The molecule has 0 fully saturated rings. The van der Waals surface area contributed by atoms with Crippen molar-refractivity contribution in [1.82, 2.24) is 4.90 Å². The number of hydrogen-bond donors (Lipinski definition) is 1. The molecule has 0 unspecified atom stereocenters. The maximum absolute atomic E-state index is 14.2. The monoisotopic (exact) mass is 328 g/mol. The zero-order chi connectivity index (χ0) is 14.7. The molecule has 0 saturated carbocycles. The van der Waals surface area contributed by atoms with Crippen LogP contribution in [0.15, 0.2) is 30.3 Å². The molecular weight excluding hydrogens is 315 g/mol. The van der Waals surface area contributed by atoms with Crippen molar-refractivity contribution in [1.29, 1.82) is 0 Å². The Morgan fingerprint density at radius 3 is 2.70 bits per heavy atom. The number of thiocarbonyl (C=S) groups is 1. The Labute approximate surface area is 132 Å². The molecule has 0 saturated heterocycles. The molecule has 0 atom stereocenters. The van der Waals surface area contributed by atoms with Gasteiger partial charge < -0.3 is 5.73 Å². The van der Waals surface area contributed by atoms with E-state index < -0.39 is 0 Å². The van der Waals surface area contributed by atoms with Crippen molar-refractivity contribution in [2.75, 3.05) is 7.05 Å². The highest BCUT2D eigenvalue weighted by atomic mass is 35.5. The Bertz CT molecular complexity index is 627. The van der Waals surface area contributed by atoms with Gasteiger partial charge in [-0.15, -0.1) is 11.3 Å². The van der Waals surface area contributed by atoms with E-state index in [-0.39, 0.29) is 10.8 Å². The SMILES string of the molecule is CN(Cc1ccc(Cl)s1)Cc1cccc(C(N)=S)c1F. The average molecular weight is 329 g/mol. The maximum atomic E-state index is 14.2. The van der Waals surface area contributed by atoms with Crippen LogP contribution in [0.5, 0.6) is 0 Å². The van der Waals surface area contributed by atoms with E-state index >= 15 is 0 Å². The molecule has 20 heavy (non-hydrogen) atoms. The van der Waals surface area contributed by atoms with Crippen molar-refractivity contribution in [2.45, 2.75) is 13.1 Å². The van der Waals surface area contributed by atoms with Crippen molar-refractivity contribution in [2.24, 2.45) is 5.73 Å². The van der Waals surface area contributed by atoms with Crippen LogP contribution in [-0.4, -0.2) is 16.9 Å². The molecule has 2 nitrogen and oxygen atoms in total. The minimum absolute atomic E-state index is 0.0806. The van der Waals surface area contributed by atoms with Crippen LogP contribution in [0.4, 0.5) is 4.39 Å². The molecule has 0 amide bonds. The van der Waals surface area contributed by atoms with E-state index in [1.165, 1.54) is 11.3 Å². The molecule has 6 heteroatoms. The van der Waals surface area contributed by atoms with Crippen molar-refractivity contribution < 1.29 is 4.39 Å². The Kier molecular flexibility index (Phi) is 5.10. The van der Waals surface area contributed by atoms with E-state index in [2.05, 4.69) is 0 Å². The molecular formula is C14H14ClFN2S2. The smallest absolute Gasteiger partial charge is 0.137 e. The van der Waals surface area contributed by atoms with Gasteiger partial charge in [-0.3, -0.25) is 4.90 Å². The van der Waals surface area contributed by atoms with Crippen LogP contribution < -0.4 is 5.73 Å². The third-order valence-corrected chi connectivity index (χ3v) is 4.27. The fourth-order valence-electron chi connectivity index (χ4n) is 1.94. The lowest BCUT2D eigenvalue weighted by molar-refractivity contribution is 0.316. The van der Waals surface area contributed by atoms with Crippen LogP contribution in [0.1, 0.15) is 16.0 Å². The van der Waals surface area contributed by atoms with E-state index in [9.17, 15) is 4.39 Å². The first-order chi connectivity index (χ1) is 9.47. The van der Waals surface area contributed by atoms with Gasteiger partial charge in [0.05, 0.1) is 4.34 Å². The summed E-state index contributed by atoms with van der Waals surface area (Å²) in [7, 11) is 1.93. The largest absolute Gasteiger partial charge is 0.389 e. The van der Waals surface area contributed by atoms with Crippen molar-refractivity contribution in [3.8, 4) is 0 Å². The molecule has 1 aromatic carbocycles. The summed E-state index contributed by atoms with van der Waals surface area (Å²) in [5.74, 6) is -0.337. The van der Waals surface area contributed by atoms with E-state index in [0.29, 0.717) is 24.2 Å². The highest BCUT2D eigenvalue weighted by molar-refractivity contribution is 7.80. The summed E-state index contributed by atoms with van der Waals surface area (Å²) in [6, 6.07) is 8.95. The molecule has 1 heterocycles. The molecule has 0 bridgehead atoms. The van der Waals surface area contributed by atoms with Gasteiger partial charge in [0.25, 0.3) is 0 Å². The number of rotatable bonds is 5. The zero-order valence-electron chi connectivity index (χ0n) is 10.9. The number of nitrogens with two attached hydrogens (primary N) is 1. The third-order valence-electron chi connectivity index (χ3n) is 2.84. The molecule has 2 rings (SSSR count). The Morgan fingerprint density at radius 2 is 2.10 bits per heavy atom. The Morgan fingerprint density at radius 1 is 1.35 bits per heavy atom. The lowest BCUT2D eigenvalue weighted by Gasteiger charge is -2.17. The van der Waals surface area contributed by atoms with Crippen LogP contribution in [-0.2, 0) is 13.1 Å². The van der Waals surface area contributed by atoms with Crippen molar-refractivity contribution in [3.63, 3.8) is 0 Å². The fraction of sp³-hybridized carbons (Fsp3) is 0.214. The Balaban J connectivity index is 2.09. The lowest BCUT2D eigenvalue weighted by atomic mass is 10.1. The second-order valence-electron chi connectivity index (χ2n) is 4.52. The summed E-state index contributed by atoms with van der Waals surface area (Å²) in [4.78, 5) is 3.24. The lowest BCUT2D eigenvalue weighted by Crippen LogP contribution is -2.19. The van der Waals surface area contributed by atoms with E-state index in [1.807, 2.05) is 24.1 Å². The quantitative estimate of drug-likeness (QED) is 0.846. The summed E-state index contributed by atoms with van der Waals surface area (Å²) < 4.78 is 15.0. The van der Waals surface area contributed by atoms with Gasteiger partial charge in [0, 0.05) is 29.1 Å². The van der Waals surface area contributed by atoms with Crippen molar-refractivity contribution in [3.05, 3.63) is 56.5 Å². The highest BCUT2D eigenvalue weighted by Gasteiger charge is 2.12. The normalized spacial score (nSPS) is 11.0. The molecule has 106 valence electrons. The first kappa shape index (κ1) is 15.4. The third kappa shape index (κ3) is 3.76. The van der Waals surface area contributed by atoms with Crippen molar-refractivity contribution >= 4 is 40.1 Å². The summed E-state index contributed by atoms with van der Waals surface area (Å²) in [6.07, 6.45) is 0. The van der Waals surface area contributed by atoms with E-state index in [0.717, 1.165) is 9.21 Å². The van der Waals surface area contributed by atoms with Crippen LogP contribution in [0.2, 0.25) is 4.34 Å². The van der Waals surface area contributed by atoms with Gasteiger partial charge in [0.15, 0.2) is 0 Å². The van der Waals surface area contributed by atoms with Crippen LogP contribution >= 0.6 is 35.2 Å². The van der Waals surface area contributed by atoms with E-state index in [4.69, 9.17) is 29.6 Å². The zero-order valence-corrected chi connectivity index (χ0v) is 13.3. The number of halogens is 2. The van der Waals surface area contributed by atoms with Gasteiger partial charge >= 0.3 is 0 Å². The number of nitrogens with zero attached hydrogens (tertiary/aromatic N) is 1. The fourth-order valence-corrected chi connectivity index (χ4v) is 3.27. The summed E-state index contributed by atoms with van der Waals surface area (Å²) in [6.45, 7) is 1.20.